The van der Waals surface area contributed by atoms with Crippen LogP contribution in [0.3, 0.4) is 0 Å². The smallest absolute Gasteiger partial charge is 0.307 e. The zero-order valence-electron chi connectivity index (χ0n) is 15.4. The van der Waals surface area contributed by atoms with Gasteiger partial charge in [-0.2, -0.15) is 5.10 Å². The van der Waals surface area contributed by atoms with Crippen molar-refractivity contribution in [2.45, 2.75) is 19.5 Å². The first kappa shape index (κ1) is 17.9. The maximum Gasteiger partial charge on any atom is 0.307 e. The largest absolute Gasteiger partial charge is 0.481 e. The number of rotatable bonds is 6. The minimum atomic E-state index is -0.833. The maximum absolute atomic E-state index is 11.2. The number of fused-ring (bicyclic) bond motifs is 1. The van der Waals surface area contributed by atoms with Crippen LogP contribution in [0.2, 0.25) is 0 Å². The summed E-state index contributed by atoms with van der Waals surface area (Å²) in [7, 11) is 0. The third-order valence-corrected chi connectivity index (χ3v) is 4.92. The van der Waals surface area contributed by atoms with Gasteiger partial charge in [0.05, 0.1) is 24.7 Å². The van der Waals surface area contributed by atoms with E-state index in [0.717, 1.165) is 38.7 Å². The summed E-state index contributed by atoms with van der Waals surface area (Å²) >= 11 is 0. The Labute approximate surface area is 163 Å². The van der Waals surface area contributed by atoms with Gasteiger partial charge in [-0.05, 0) is 39.9 Å². The standard InChI is InChI=1S/C23H21N3O2/c24-13-16-4-3-7-17(10-16)19-8-9-20-14-25-26(22(20)11-19)15-21-6-2-1-5-18(21)12-23(27)28/h1-11,14H,12-13,15,24H2,(H,27,28). The molecule has 0 aliphatic heterocycles. The van der Waals surface area contributed by atoms with Crippen molar-refractivity contribution in [1.82, 2.24) is 9.78 Å². The van der Waals surface area contributed by atoms with Crippen LogP contribution in [-0.4, -0.2) is 20.9 Å². The van der Waals surface area contributed by atoms with Gasteiger partial charge in [0.2, 0.25) is 0 Å². The van der Waals surface area contributed by atoms with Crippen LogP contribution in [0.4, 0.5) is 0 Å². The maximum atomic E-state index is 11.2. The van der Waals surface area contributed by atoms with E-state index in [9.17, 15) is 4.79 Å². The molecular formula is C23H21N3O2. The molecule has 1 heterocycles. The zero-order chi connectivity index (χ0) is 19.5. The first-order valence-corrected chi connectivity index (χ1v) is 9.17. The lowest BCUT2D eigenvalue weighted by atomic mass is 10.0. The van der Waals surface area contributed by atoms with E-state index < -0.39 is 5.97 Å². The molecule has 0 aliphatic carbocycles. The summed E-state index contributed by atoms with van der Waals surface area (Å²) in [4.78, 5) is 11.2. The fourth-order valence-electron chi connectivity index (χ4n) is 3.46. The van der Waals surface area contributed by atoms with E-state index in [1.54, 1.807) is 0 Å². The predicted octanol–water partition coefficient (Wildman–Crippen LogP) is 3.84. The van der Waals surface area contributed by atoms with Crippen LogP contribution in [0, 0.1) is 0 Å². The molecule has 4 rings (SSSR count). The number of carboxylic acids is 1. The van der Waals surface area contributed by atoms with Crippen molar-refractivity contribution >= 4 is 16.9 Å². The molecule has 0 saturated heterocycles. The molecule has 0 saturated carbocycles. The Bertz CT molecular complexity index is 1150. The second-order valence-electron chi connectivity index (χ2n) is 6.82. The molecule has 0 spiro atoms. The number of carbonyl (C=O) groups is 1. The van der Waals surface area contributed by atoms with Gasteiger partial charge in [-0.3, -0.25) is 9.48 Å². The van der Waals surface area contributed by atoms with E-state index in [0.29, 0.717) is 13.1 Å². The average Bonchev–Trinajstić information content (AvgIpc) is 3.11. The topological polar surface area (TPSA) is 81.1 Å². The number of hydrogen-bond donors (Lipinski definition) is 2. The molecule has 140 valence electrons. The summed E-state index contributed by atoms with van der Waals surface area (Å²) in [5.41, 5.74) is 11.9. The molecule has 4 aromatic rings. The highest BCUT2D eigenvalue weighted by molar-refractivity contribution is 5.84. The van der Waals surface area contributed by atoms with Gasteiger partial charge >= 0.3 is 5.97 Å². The first-order chi connectivity index (χ1) is 13.6. The van der Waals surface area contributed by atoms with Crippen LogP contribution >= 0.6 is 0 Å². The van der Waals surface area contributed by atoms with Crippen molar-refractivity contribution in [2.24, 2.45) is 5.73 Å². The normalized spacial score (nSPS) is 11.0. The van der Waals surface area contributed by atoms with Gasteiger partial charge in [0.1, 0.15) is 0 Å². The summed E-state index contributed by atoms with van der Waals surface area (Å²) in [6.07, 6.45) is 1.85. The quantitative estimate of drug-likeness (QED) is 0.540. The minimum Gasteiger partial charge on any atom is -0.481 e. The van der Waals surface area contributed by atoms with Crippen molar-refractivity contribution in [2.75, 3.05) is 0 Å². The van der Waals surface area contributed by atoms with Gasteiger partial charge in [0, 0.05) is 11.9 Å². The molecule has 3 aromatic carbocycles. The first-order valence-electron chi connectivity index (χ1n) is 9.17. The van der Waals surface area contributed by atoms with Crippen molar-refractivity contribution in [3.05, 3.63) is 89.6 Å². The number of nitrogens with two attached hydrogens (primary N) is 1. The van der Waals surface area contributed by atoms with Gasteiger partial charge in [-0.15, -0.1) is 0 Å². The number of aliphatic carboxylic acids is 1. The molecule has 5 heteroatoms. The molecule has 1 aromatic heterocycles. The molecule has 0 aliphatic rings. The number of benzene rings is 3. The van der Waals surface area contributed by atoms with E-state index >= 15 is 0 Å². The van der Waals surface area contributed by atoms with Crippen LogP contribution in [0.5, 0.6) is 0 Å². The number of nitrogens with zero attached hydrogens (tertiary/aromatic N) is 2. The fourth-order valence-corrected chi connectivity index (χ4v) is 3.46. The number of aromatic nitrogens is 2. The van der Waals surface area contributed by atoms with Crippen LogP contribution in [0.25, 0.3) is 22.0 Å². The average molecular weight is 371 g/mol. The fraction of sp³-hybridized carbons (Fsp3) is 0.130. The molecule has 0 fully saturated rings. The summed E-state index contributed by atoms with van der Waals surface area (Å²) in [5.74, 6) is -0.833. The Hall–Kier alpha value is -3.44. The second kappa shape index (κ2) is 7.66. The van der Waals surface area contributed by atoms with Crippen molar-refractivity contribution in [3.8, 4) is 11.1 Å². The van der Waals surface area contributed by atoms with E-state index in [1.165, 1.54) is 0 Å². The van der Waals surface area contributed by atoms with E-state index in [4.69, 9.17) is 10.8 Å². The van der Waals surface area contributed by atoms with Crippen LogP contribution in [-0.2, 0) is 24.3 Å². The third-order valence-electron chi connectivity index (χ3n) is 4.92. The van der Waals surface area contributed by atoms with E-state index in [1.807, 2.05) is 47.3 Å². The van der Waals surface area contributed by atoms with Gasteiger partial charge in [0.15, 0.2) is 0 Å². The number of carboxylic acid groups (broad SMARTS) is 1. The zero-order valence-corrected chi connectivity index (χ0v) is 15.4. The second-order valence-corrected chi connectivity index (χ2v) is 6.82. The molecule has 0 bridgehead atoms. The van der Waals surface area contributed by atoms with Gasteiger partial charge in [-0.1, -0.05) is 54.6 Å². The lowest BCUT2D eigenvalue weighted by Gasteiger charge is -2.10. The Morgan fingerprint density at radius 3 is 2.54 bits per heavy atom. The SMILES string of the molecule is NCc1cccc(-c2ccc3cnn(Cc4ccccc4CC(=O)O)c3c2)c1. The highest BCUT2D eigenvalue weighted by atomic mass is 16.4. The highest BCUT2D eigenvalue weighted by Crippen LogP contribution is 2.26. The summed E-state index contributed by atoms with van der Waals surface area (Å²) in [6, 6.07) is 22.1. The van der Waals surface area contributed by atoms with E-state index in [-0.39, 0.29) is 6.42 Å². The summed E-state index contributed by atoms with van der Waals surface area (Å²) in [5, 5.41) is 14.7. The monoisotopic (exact) mass is 371 g/mol. The lowest BCUT2D eigenvalue weighted by Crippen LogP contribution is -2.08. The Balaban J connectivity index is 1.72. The Morgan fingerprint density at radius 2 is 1.75 bits per heavy atom. The van der Waals surface area contributed by atoms with Gasteiger partial charge < -0.3 is 10.8 Å². The summed E-state index contributed by atoms with van der Waals surface area (Å²) in [6.45, 7) is 1.04. The molecule has 5 nitrogen and oxygen atoms in total. The molecule has 28 heavy (non-hydrogen) atoms. The van der Waals surface area contributed by atoms with Crippen LogP contribution < -0.4 is 5.73 Å². The van der Waals surface area contributed by atoms with Crippen LogP contribution in [0.15, 0.2) is 72.9 Å². The Kier molecular flexibility index (Phi) is 4.91. The predicted molar refractivity (Wildman–Crippen MR) is 110 cm³/mol. The Morgan fingerprint density at radius 1 is 0.964 bits per heavy atom. The van der Waals surface area contributed by atoms with Crippen molar-refractivity contribution in [3.63, 3.8) is 0 Å². The molecule has 0 amide bonds. The lowest BCUT2D eigenvalue weighted by molar-refractivity contribution is -0.136. The minimum absolute atomic E-state index is 0.00645. The van der Waals surface area contributed by atoms with Crippen molar-refractivity contribution < 1.29 is 9.90 Å². The van der Waals surface area contributed by atoms with Gasteiger partial charge in [-0.25, -0.2) is 0 Å². The molecular weight excluding hydrogens is 350 g/mol. The van der Waals surface area contributed by atoms with Crippen LogP contribution in [0.1, 0.15) is 16.7 Å². The number of hydrogen-bond acceptors (Lipinski definition) is 3. The molecule has 0 unspecified atom stereocenters. The van der Waals surface area contributed by atoms with E-state index in [2.05, 4.69) is 35.4 Å². The van der Waals surface area contributed by atoms with Gasteiger partial charge in [0.25, 0.3) is 0 Å². The third kappa shape index (κ3) is 3.66. The highest BCUT2D eigenvalue weighted by Gasteiger charge is 2.10. The molecule has 3 N–H and O–H groups in total. The molecule has 0 radical (unpaired) electrons. The summed E-state index contributed by atoms with van der Waals surface area (Å²) < 4.78 is 1.92. The molecule has 0 atom stereocenters. The van der Waals surface area contributed by atoms with Crippen molar-refractivity contribution in [1.29, 1.82) is 0 Å².